The maximum Gasteiger partial charge on any atom is 0.216 e. The summed E-state index contributed by atoms with van der Waals surface area (Å²) in [5.74, 6) is 0.525. The van der Waals surface area contributed by atoms with Gasteiger partial charge in [-0.1, -0.05) is 0 Å². The summed E-state index contributed by atoms with van der Waals surface area (Å²) in [4.78, 5) is 0. The molecule has 0 aromatic rings. The van der Waals surface area contributed by atoms with Gasteiger partial charge in [-0.05, 0) is 39.5 Å². The standard InChI is InChI=1S/C12H26N2O3S.ClH/c1-10(2)17-8-9-18(15,16)14-6-4-12(5-7-14)11(3)13;/h10-12H,4-9,13H2,1-3H3;1H. The highest BCUT2D eigenvalue weighted by atomic mass is 35.5. The molecule has 1 unspecified atom stereocenters. The van der Waals surface area contributed by atoms with Gasteiger partial charge in [0.05, 0.1) is 18.5 Å². The van der Waals surface area contributed by atoms with Crippen LogP contribution in [0.4, 0.5) is 0 Å². The van der Waals surface area contributed by atoms with Crippen molar-refractivity contribution >= 4 is 22.4 Å². The zero-order chi connectivity index (χ0) is 13.8. The molecular formula is C12H27ClN2O3S. The van der Waals surface area contributed by atoms with Gasteiger partial charge in [0.1, 0.15) is 0 Å². The molecule has 1 atom stereocenters. The average molecular weight is 315 g/mol. The monoisotopic (exact) mass is 314 g/mol. The summed E-state index contributed by atoms with van der Waals surface area (Å²) in [6, 6.07) is 0.152. The molecule has 0 saturated carbocycles. The Bertz CT molecular complexity index is 339. The summed E-state index contributed by atoms with van der Waals surface area (Å²) in [7, 11) is -3.16. The smallest absolute Gasteiger partial charge is 0.216 e. The Kier molecular flexibility index (Phi) is 8.47. The minimum atomic E-state index is -3.16. The summed E-state index contributed by atoms with van der Waals surface area (Å²) >= 11 is 0. The van der Waals surface area contributed by atoms with Crippen LogP contribution in [0.15, 0.2) is 0 Å². The number of rotatable bonds is 6. The summed E-state index contributed by atoms with van der Waals surface area (Å²) in [6.07, 6.45) is 1.80. The first-order valence-electron chi connectivity index (χ1n) is 6.68. The number of hydrogen-bond acceptors (Lipinski definition) is 4. The molecule has 1 heterocycles. The Morgan fingerprint density at radius 2 is 1.79 bits per heavy atom. The second kappa shape index (κ2) is 8.42. The van der Waals surface area contributed by atoms with E-state index in [0.29, 0.717) is 19.0 Å². The van der Waals surface area contributed by atoms with Gasteiger partial charge in [-0.3, -0.25) is 0 Å². The number of sulfonamides is 1. The van der Waals surface area contributed by atoms with Crippen molar-refractivity contribution in [2.75, 3.05) is 25.4 Å². The predicted molar refractivity (Wildman–Crippen MR) is 80.1 cm³/mol. The topological polar surface area (TPSA) is 72.6 Å². The van der Waals surface area contributed by atoms with Crippen LogP contribution >= 0.6 is 12.4 Å². The predicted octanol–water partition coefficient (Wildman–Crippen LogP) is 1.22. The van der Waals surface area contributed by atoms with E-state index in [4.69, 9.17) is 10.5 Å². The van der Waals surface area contributed by atoms with Crippen molar-refractivity contribution < 1.29 is 13.2 Å². The van der Waals surface area contributed by atoms with Gasteiger partial charge in [0, 0.05) is 19.1 Å². The van der Waals surface area contributed by atoms with Gasteiger partial charge < -0.3 is 10.5 Å². The van der Waals surface area contributed by atoms with Crippen LogP contribution in [0, 0.1) is 5.92 Å². The summed E-state index contributed by atoms with van der Waals surface area (Å²) < 4.78 is 31.0. The van der Waals surface area contributed by atoms with Crippen LogP contribution in [0.3, 0.4) is 0 Å². The third-order valence-electron chi connectivity index (χ3n) is 3.43. The highest BCUT2D eigenvalue weighted by Crippen LogP contribution is 2.21. The van der Waals surface area contributed by atoms with Gasteiger partial charge in [-0.15, -0.1) is 12.4 Å². The van der Waals surface area contributed by atoms with E-state index < -0.39 is 10.0 Å². The van der Waals surface area contributed by atoms with E-state index in [9.17, 15) is 8.42 Å². The molecule has 1 saturated heterocycles. The Labute approximate surface area is 123 Å². The minimum absolute atomic E-state index is 0. The molecule has 0 radical (unpaired) electrons. The van der Waals surface area contributed by atoms with Crippen LogP contribution in [0.1, 0.15) is 33.6 Å². The third kappa shape index (κ3) is 6.40. The van der Waals surface area contributed by atoms with Gasteiger partial charge in [-0.25, -0.2) is 12.7 Å². The highest BCUT2D eigenvalue weighted by molar-refractivity contribution is 7.89. The second-order valence-electron chi connectivity index (χ2n) is 5.33. The molecule has 0 aromatic heterocycles. The van der Waals surface area contributed by atoms with Crippen LogP contribution in [-0.2, 0) is 14.8 Å². The lowest BCUT2D eigenvalue weighted by atomic mass is 9.92. The molecule has 0 spiro atoms. The molecule has 1 fully saturated rings. The van der Waals surface area contributed by atoms with Gasteiger partial charge in [0.25, 0.3) is 0 Å². The van der Waals surface area contributed by atoms with Gasteiger partial charge >= 0.3 is 0 Å². The first-order valence-corrected chi connectivity index (χ1v) is 8.29. The number of nitrogens with two attached hydrogens (primary N) is 1. The lowest BCUT2D eigenvalue weighted by molar-refractivity contribution is 0.0904. The molecule has 2 N–H and O–H groups in total. The van der Waals surface area contributed by atoms with Crippen molar-refractivity contribution in [2.24, 2.45) is 11.7 Å². The van der Waals surface area contributed by atoms with Gasteiger partial charge in [0.15, 0.2) is 0 Å². The van der Waals surface area contributed by atoms with E-state index in [1.54, 1.807) is 4.31 Å². The quantitative estimate of drug-likeness (QED) is 0.800. The van der Waals surface area contributed by atoms with Crippen molar-refractivity contribution in [1.82, 2.24) is 4.31 Å². The molecule has 19 heavy (non-hydrogen) atoms. The first-order chi connectivity index (χ1) is 8.33. The van der Waals surface area contributed by atoms with Crippen molar-refractivity contribution in [2.45, 2.75) is 45.8 Å². The van der Waals surface area contributed by atoms with Gasteiger partial charge in [-0.2, -0.15) is 0 Å². The molecule has 7 heteroatoms. The zero-order valence-electron chi connectivity index (χ0n) is 12.0. The SMILES string of the molecule is CC(C)OCCS(=O)(=O)N1CCC(C(C)N)CC1.Cl. The maximum atomic E-state index is 12.1. The number of halogens is 1. The van der Waals surface area contributed by atoms with Crippen molar-refractivity contribution in [1.29, 1.82) is 0 Å². The van der Waals surface area contributed by atoms with Gasteiger partial charge in [0.2, 0.25) is 10.0 Å². The third-order valence-corrected chi connectivity index (χ3v) is 5.26. The summed E-state index contributed by atoms with van der Waals surface area (Å²) in [5, 5.41) is 0. The Morgan fingerprint density at radius 1 is 1.26 bits per heavy atom. The van der Waals surface area contributed by atoms with Crippen molar-refractivity contribution in [3.05, 3.63) is 0 Å². The maximum absolute atomic E-state index is 12.1. The van der Waals surface area contributed by atoms with E-state index in [1.807, 2.05) is 20.8 Å². The van der Waals surface area contributed by atoms with Crippen molar-refractivity contribution in [3.8, 4) is 0 Å². The second-order valence-corrected chi connectivity index (χ2v) is 7.42. The fraction of sp³-hybridized carbons (Fsp3) is 1.00. The molecule has 5 nitrogen and oxygen atoms in total. The number of hydrogen-bond donors (Lipinski definition) is 1. The van der Waals surface area contributed by atoms with Crippen LogP contribution in [0.5, 0.6) is 0 Å². The van der Waals surface area contributed by atoms with E-state index in [0.717, 1.165) is 12.8 Å². The number of piperidine rings is 1. The molecule has 1 aliphatic rings. The zero-order valence-corrected chi connectivity index (χ0v) is 13.7. The molecule has 116 valence electrons. The van der Waals surface area contributed by atoms with Crippen molar-refractivity contribution in [3.63, 3.8) is 0 Å². The summed E-state index contributed by atoms with van der Waals surface area (Å²) in [6.45, 7) is 7.26. The van der Waals surface area contributed by atoms with E-state index in [1.165, 1.54) is 0 Å². The molecule has 0 aromatic carbocycles. The number of nitrogens with zero attached hydrogens (tertiary/aromatic N) is 1. The van der Waals surface area contributed by atoms with Crippen LogP contribution in [0.2, 0.25) is 0 Å². The molecule has 1 rings (SSSR count). The van der Waals surface area contributed by atoms with E-state index in [-0.39, 0.29) is 36.9 Å². The molecule has 1 aliphatic heterocycles. The van der Waals surface area contributed by atoms with Crippen LogP contribution in [0.25, 0.3) is 0 Å². The van der Waals surface area contributed by atoms with Crippen LogP contribution < -0.4 is 5.73 Å². The molecular weight excluding hydrogens is 288 g/mol. The lowest BCUT2D eigenvalue weighted by Gasteiger charge is -2.32. The lowest BCUT2D eigenvalue weighted by Crippen LogP contribution is -2.43. The molecule has 0 aliphatic carbocycles. The Morgan fingerprint density at radius 3 is 2.21 bits per heavy atom. The molecule has 0 amide bonds. The Hall–Kier alpha value is 0.120. The van der Waals surface area contributed by atoms with Crippen LogP contribution in [-0.4, -0.2) is 50.3 Å². The largest absolute Gasteiger partial charge is 0.378 e. The fourth-order valence-electron chi connectivity index (χ4n) is 2.20. The van der Waals surface area contributed by atoms with E-state index >= 15 is 0 Å². The van der Waals surface area contributed by atoms with E-state index in [2.05, 4.69) is 0 Å². The first kappa shape index (κ1) is 19.1. The fourth-order valence-corrected chi connectivity index (χ4v) is 3.53. The highest BCUT2D eigenvalue weighted by Gasteiger charge is 2.28. The average Bonchev–Trinajstić information content (AvgIpc) is 2.28. The summed E-state index contributed by atoms with van der Waals surface area (Å²) in [5.41, 5.74) is 5.85. The number of ether oxygens (including phenoxy) is 1. The normalized spacial score (nSPS) is 20.3. The Balaban J connectivity index is 0.00000324. The minimum Gasteiger partial charge on any atom is -0.378 e. The molecule has 0 bridgehead atoms.